The van der Waals surface area contributed by atoms with Gasteiger partial charge in [0.2, 0.25) is 0 Å². The Morgan fingerprint density at radius 1 is 1.40 bits per heavy atom. The van der Waals surface area contributed by atoms with Crippen LogP contribution in [0.1, 0.15) is 18.7 Å². The monoisotopic (exact) mass is 200 g/mol. The molecule has 1 atom stereocenters. The molecule has 1 unspecified atom stereocenters. The lowest BCUT2D eigenvalue weighted by Crippen LogP contribution is -2.07. The molecule has 76 valence electrons. The number of hydrogen-bond donors (Lipinski definition) is 0. The van der Waals surface area contributed by atoms with Crippen molar-refractivity contribution in [1.29, 1.82) is 0 Å². The molecule has 2 heterocycles. The van der Waals surface area contributed by atoms with Crippen LogP contribution in [0.3, 0.4) is 0 Å². The van der Waals surface area contributed by atoms with Crippen molar-refractivity contribution in [2.24, 2.45) is 0 Å². The zero-order valence-corrected chi connectivity index (χ0v) is 8.55. The van der Waals surface area contributed by atoms with Crippen molar-refractivity contribution in [1.82, 2.24) is 9.55 Å². The average Bonchev–Trinajstić information content (AvgIpc) is 2.71. The molecule has 0 saturated carbocycles. The molecule has 1 aliphatic heterocycles. The minimum atomic E-state index is 0.326. The summed E-state index contributed by atoms with van der Waals surface area (Å²) in [6.07, 6.45) is 3.83. The molecule has 2 aromatic rings. The van der Waals surface area contributed by atoms with Crippen LogP contribution in [0.5, 0.6) is 5.75 Å². The lowest BCUT2D eigenvalue weighted by atomic mass is 10.2. The van der Waals surface area contributed by atoms with E-state index in [1.54, 1.807) is 0 Å². The zero-order chi connectivity index (χ0) is 10.3. The highest BCUT2D eigenvalue weighted by atomic mass is 16.5. The molecule has 0 fully saturated rings. The summed E-state index contributed by atoms with van der Waals surface area (Å²) in [5.41, 5.74) is 1.08. The van der Waals surface area contributed by atoms with Crippen molar-refractivity contribution in [3.63, 3.8) is 0 Å². The van der Waals surface area contributed by atoms with E-state index in [9.17, 15) is 0 Å². The van der Waals surface area contributed by atoms with Gasteiger partial charge in [-0.3, -0.25) is 4.57 Å². The third-order valence-electron chi connectivity index (χ3n) is 2.72. The molecule has 1 aromatic carbocycles. The van der Waals surface area contributed by atoms with Gasteiger partial charge in [-0.15, -0.1) is 0 Å². The Balaban J connectivity index is 2.26. The average molecular weight is 200 g/mol. The fraction of sp³-hybridized carbons (Fsp3) is 0.250. The van der Waals surface area contributed by atoms with Gasteiger partial charge in [-0.1, -0.05) is 19.1 Å². The molecule has 0 N–H and O–H groups in total. The molecule has 1 aliphatic rings. The van der Waals surface area contributed by atoms with Crippen LogP contribution in [-0.2, 0) is 0 Å². The number of fused-ring (bicyclic) bond motifs is 3. The predicted molar refractivity (Wildman–Crippen MR) is 57.5 cm³/mol. The third-order valence-corrected chi connectivity index (χ3v) is 2.72. The van der Waals surface area contributed by atoms with Gasteiger partial charge in [0.15, 0.2) is 0 Å². The zero-order valence-electron chi connectivity index (χ0n) is 8.55. The molecule has 3 nitrogen and oxygen atoms in total. The minimum absolute atomic E-state index is 0.326. The quantitative estimate of drug-likeness (QED) is 0.652. The summed E-state index contributed by atoms with van der Waals surface area (Å²) in [6, 6.07) is 8.06. The molecular formula is C12H12N2O. The number of aromatic nitrogens is 2. The second kappa shape index (κ2) is 3.12. The van der Waals surface area contributed by atoms with Crippen molar-refractivity contribution in [2.75, 3.05) is 6.61 Å². The lowest BCUT2D eigenvalue weighted by Gasteiger charge is -2.07. The number of benzene rings is 1. The van der Waals surface area contributed by atoms with E-state index < -0.39 is 0 Å². The van der Waals surface area contributed by atoms with Gasteiger partial charge in [0.1, 0.15) is 11.6 Å². The summed E-state index contributed by atoms with van der Waals surface area (Å²) in [6.45, 7) is 2.82. The minimum Gasteiger partial charge on any atom is -0.491 e. The first-order valence-corrected chi connectivity index (χ1v) is 5.11. The maximum atomic E-state index is 5.74. The Labute approximate surface area is 88.3 Å². The summed E-state index contributed by atoms with van der Waals surface area (Å²) < 4.78 is 7.84. The van der Waals surface area contributed by atoms with Crippen molar-refractivity contribution < 1.29 is 4.74 Å². The summed E-state index contributed by atoms with van der Waals surface area (Å²) in [5, 5.41) is 0. The van der Waals surface area contributed by atoms with Gasteiger partial charge in [0.25, 0.3) is 0 Å². The van der Waals surface area contributed by atoms with E-state index in [0.717, 1.165) is 17.3 Å². The second-order valence-corrected chi connectivity index (χ2v) is 3.84. The van der Waals surface area contributed by atoms with Gasteiger partial charge in [-0.25, -0.2) is 4.98 Å². The van der Waals surface area contributed by atoms with E-state index in [1.807, 2.05) is 30.6 Å². The first kappa shape index (κ1) is 8.53. The number of nitrogens with zero attached hydrogens (tertiary/aromatic N) is 2. The Hall–Kier alpha value is -1.77. The first-order valence-electron chi connectivity index (χ1n) is 5.11. The topological polar surface area (TPSA) is 27.1 Å². The molecule has 0 saturated heterocycles. The highest BCUT2D eigenvalue weighted by Gasteiger charge is 2.20. The van der Waals surface area contributed by atoms with E-state index in [2.05, 4.69) is 22.5 Å². The number of rotatable bonds is 0. The SMILES string of the molecule is CC1COc2ccccc2-n2ccnc21. The van der Waals surface area contributed by atoms with Crippen molar-refractivity contribution >= 4 is 0 Å². The summed E-state index contributed by atoms with van der Waals surface area (Å²) in [7, 11) is 0. The van der Waals surface area contributed by atoms with Gasteiger partial charge in [-0.05, 0) is 12.1 Å². The van der Waals surface area contributed by atoms with Crippen LogP contribution in [0, 0.1) is 0 Å². The Morgan fingerprint density at radius 3 is 3.20 bits per heavy atom. The van der Waals surface area contributed by atoms with Gasteiger partial charge in [0, 0.05) is 18.3 Å². The third kappa shape index (κ3) is 1.23. The van der Waals surface area contributed by atoms with Crippen LogP contribution in [0.2, 0.25) is 0 Å². The Morgan fingerprint density at radius 2 is 2.27 bits per heavy atom. The maximum absolute atomic E-state index is 5.74. The van der Waals surface area contributed by atoms with Crippen molar-refractivity contribution in [2.45, 2.75) is 12.8 Å². The van der Waals surface area contributed by atoms with E-state index in [0.29, 0.717) is 12.5 Å². The fourth-order valence-corrected chi connectivity index (χ4v) is 1.95. The van der Waals surface area contributed by atoms with Crippen LogP contribution in [0.4, 0.5) is 0 Å². The van der Waals surface area contributed by atoms with Gasteiger partial charge in [0.05, 0.1) is 12.3 Å². The van der Waals surface area contributed by atoms with E-state index in [1.165, 1.54) is 0 Å². The predicted octanol–water partition coefficient (Wildman–Crippen LogP) is 2.37. The van der Waals surface area contributed by atoms with Crippen LogP contribution < -0.4 is 4.74 Å². The normalized spacial score (nSPS) is 18.6. The van der Waals surface area contributed by atoms with Crippen LogP contribution >= 0.6 is 0 Å². The lowest BCUT2D eigenvalue weighted by molar-refractivity contribution is 0.299. The number of ether oxygens (including phenoxy) is 1. The molecule has 15 heavy (non-hydrogen) atoms. The van der Waals surface area contributed by atoms with Crippen molar-refractivity contribution in [3.8, 4) is 11.4 Å². The molecule has 0 spiro atoms. The standard InChI is InChI=1S/C12H12N2O/c1-9-8-15-11-5-3-2-4-10(11)14-7-6-13-12(9)14/h2-7,9H,8H2,1H3. The van der Waals surface area contributed by atoms with Crippen molar-refractivity contribution in [3.05, 3.63) is 42.5 Å². The molecule has 1 aromatic heterocycles. The smallest absolute Gasteiger partial charge is 0.143 e. The van der Waals surface area contributed by atoms with Gasteiger partial charge >= 0.3 is 0 Å². The highest BCUT2D eigenvalue weighted by molar-refractivity contribution is 5.48. The van der Waals surface area contributed by atoms with E-state index >= 15 is 0 Å². The van der Waals surface area contributed by atoms with Crippen LogP contribution in [0.25, 0.3) is 5.69 Å². The Bertz CT molecular complexity index is 490. The fourth-order valence-electron chi connectivity index (χ4n) is 1.95. The number of hydrogen-bond acceptors (Lipinski definition) is 2. The molecule has 3 heteroatoms. The second-order valence-electron chi connectivity index (χ2n) is 3.84. The molecule has 3 rings (SSSR count). The molecule has 0 amide bonds. The summed E-state index contributed by atoms with van der Waals surface area (Å²) in [4.78, 5) is 4.38. The van der Waals surface area contributed by atoms with Crippen LogP contribution in [-0.4, -0.2) is 16.2 Å². The number of imidazole rings is 1. The van der Waals surface area contributed by atoms with Crippen LogP contribution in [0.15, 0.2) is 36.7 Å². The molecule has 0 aliphatic carbocycles. The van der Waals surface area contributed by atoms with Gasteiger partial charge in [-0.2, -0.15) is 0 Å². The highest BCUT2D eigenvalue weighted by Crippen LogP contribution is 2.30. The maximum Gasteiger partial charge on any atom is 0.143 e. The number of para-hydroxylation sites is 2. The molecular weight excluding hydrogens is 188 g/mol. The molecule has 0 radical (unpaired) electrons. The van der Waals surface area contributed by atoms with E-state index in [-0.39, 0.29) is 0 Å². The Kier molecular flexibility index (Phi) is 1.78. The van der Waals surface area contributed by atoms with Gasteiger partial charge < -0.3 is 4.74 Å². The largest absolute Gasteiger partial charge is 0.491 e. The summed E-state index contributed by atoms with van der Waals surface area (Å²) >= 11 is 0. The summed E-state index contributed by atoms with van der Waals surface area (Å²) in [5.74, 6) is 2.33. The first-order chi connectivity index (χ1) is 7.36. The molecule has 0 bridgehead atoms. The van der Waals surface area contributed by atoms with E-state index in [4.69, 9.17) is 4.74 Å².